The highest BCUT2D eigenvalue weighted by Gasteiger charge is 2.37. The van der Waals surface area contributed by atoms with Crippen molar-refractivity contribution in [3.05, 3.63) is 58.9 Å². The highest BCUT2D eigenvalue weighted by molar-refractivity contribution is 5.66. The van der Waals surface area contributed by atoms with Crippen LogP contribution in [0.4, 0.5) is 17.6 Å². The van der Waals surface area contributed by atoms with Crippen molar-refractivity contribution in [2.45, 2.75) is 45.1 Å². The second-order valence-corrected chi connectivity index (χ2v) is 6.85. The van der Waals surface area contributed by atoms with E-state index in [1.165, 1.54) is 24.3 Å². The summed E-state index contributed by atoms with van der Waals surface area (Å²) < 4.78 is 68.1. The number of hydrogen-bond donors (Lipinski definition) is 0. The Morgan fingerprint density at radius 2 is 1.63 bits per heavy atom. The van der Waals surface area contributed by atoms with Crippen LogP contribution in [0.15, 0.2) is 30.3 Å². The Kier molecular flexibility index (Phi) is 5.86. The van der Waals surface area contributed by atoms with E-state index in [0.717, 1.165) is 6.07 Å². The third-order valence-corrected chi connectivity index (χ3v) is 4.78. The van der Waals surface area contributed by atoms with Crippen molar-refractivity contribution in [1.82, 2.24) is 0 Å². The summed E-state index contributed by atoms with van der Waals surface area (Å²) in [5.74, 6) is -2.77. The van der Waals surface area contributed by atoms with Gasteiger partial charge in [0.05, 0.1) is 13.2 Å². The number of hydrogen-bond acceptors (Lipinski definition) is 2. The van der Waals surface area contributed by atoms with Crippen molar-refractivity contribution in [2.24, 2.45) is 0 Å². The van der Waals surface area contributed by atoms with E-state index in [9.17, 15) is 17.6 Å². The van der Waals surface area contributed by atoms with E-state index in [1.54, 1.807) is 6.92 Å². The number of aryl methyl sites for hydroxylation is 1. The van der Waals surface area contributed by atoms with Crippen LogP contribution >= 0.6 is 0 Å². The summed E-state index contributed by atoms with van der Waals surface area (Å²) >= 11 is 0. The molecule has 0 amide bonds. The SMILES string of the molecule is CCCC1(F)COC(c2ccc(-c3ccc(CC)c(F)c3F)c(F)c2)OC1. The molecule has 2 aromatic rings. The lowest BCUT2D eigenvalue weighted by Gasteiger charge is -2.34. The number of benzene rings is 2. The Morgan fingerprint density at radius 1 is 0.963 bits per heavy atom. The standard InChI is InChI=1S/C21H22F4O2/c1-3-9-21(25)11-26-20(27-12-21)14-6-7-15(17(22)10-14)16-8-5-13(4-2)18(23)19(16)24/h5-8,10,20H,3-4,9,11-12H2,1-2H3. The van der Waals surface area contributed by atoms with E-state index in [0.29, 0.717) is 24.8 Å². The third-order valence-electron chi connectivity index (χ3n) is 4.78. The van der Waals surface area contributed by atoms with Crippen molar-refractivity contribution in [3.8, 4) is 11.1 Å². The van der Waals surface area contributed by atoms with Gasteiger partial charge in [0.2, 0.25) is 0 Å². The molecule has 1 fully saturated rings. The largest absolute Gasteiger partial charge is 0.345 e. The number of halogens is 4. The van der Waals surface area contributed by atoms with E-state index in [4.69, 9.17) is 9.47 Å². The summed E-state index contributed by atoms with van der Waals surface area (Å²) in [6, 6.07) is 6.83. The second-order valence-electron chi connectivity index (χ2n) is 6.85. The highest BCUT2D eigenvalue weighted by atomic mass is 19.2. The van der Waals surface area contributed by atoms with Gasteiger partial charge >= 0.3 is 0 Å². The van der Waals surface area contributed by atoms with Gasteiger partial charge in [0.25, 0.3) is 0 Å². The summed E-state index contributed by atoms with van der Waals surface area (Å²) in [5.41, 5.74) is -1.14. The van der Waals surface area contributed by atoms with Gasteiger partial charge in [0.15, 0.2) is 23.6 Å². The Hall–Kier alpha value is -1.92. The minimum absolute atomic E-state index is 0.0561. The molecule has 1 heterocycles. The Morgan fingerprint density at radius 3 is 2.22 bits per heavy atom. The van der Waals surface area contributed by atoms with E-state index in [-0.39, 0.29) is 29.9 Å². The van der Waals surface area contributed by atoms with Crippen molar-refractivity contribution in [2.75, 3.05) is 13.2 Å². The predicted molar refractivity (Wildman–Crippen MR) is 94.5 cm³/mol. The molecule has 1 aliphatic heterocycles. The molecular weight excluding hydrogens is 360 g/mol. The van der Waals surface area contributed by atoms with Gasteiger partial charge in [-0.1, -0.05) is 44.5 Å². The molecule has 0 unspecified atom stereocenters. The molecule has 0 bridgehead atoms. The van der Waals surface area contributed by atoms with Crippen molar-refractivity contribution < 1.29 is 27.0 Å². The maximum absolute atomic E-state index is 14.6. The van der Waals surface area contributed by atoms with Crippen LogP contribution in [0.5, 0.6) is 0 Å². The highest BCUT2D eigenvalue weighted by Crippen LogP contribution is 2.34. The molecule has 6 heteroatoms. The first-order valence-electron chi connectivity index (χ1n) is 9.07. The summed E-state index contributed by atoms with van der Waals surface area (Å²) in [7, 11) is 0. The molecule has 27 heavy (non-hydrogen) atoms. The maximum atomic E-state index is 14.6. The molecule has 0 saturated carbocycles. The van der Waals surface area contributed by atoms with Crippen LogP contribution in [0.2, 0.25) is 0 Å². The van der Waals surface area contributed by atoms with Gasteiger partial charge in [-0.05, 0) is 24.5 Å². The van der Waals surface area contributed by atoms with Gasteiger partial charge in [-0.25, -0.2) is 17.6 Å². The van der Waals surface area contributed by atoms with Gasteiger partial charge in [-0.2, -0.15) is 0 Å². The first-order valence-corrected chi connectivity index (χ1v) is 9.07. The van der Waals surface area contributed by atoms with Crippen LogP contribution in [0.25, 0.3) is 11.1 Å². The average molecular weight is 382 g/mol. The lowest BCUT2D eigenvalue weighted by Crippen LogP contribution is -2.41. The maximum Gasteiger partial charge on any atom is 0.184 e. The summed E-state index contributed by atoms with van der Waals surface area (Å²) in [6.07, 6.45) is 0.440. The lowest BCUT2D eigenvalue weighted by molar-refractivity contribution is -0.239. The van der Waals surface area contributed by atoms with Crippen molar-refractivity contribution in [3.63, 3.8) is 0 Å². The summed E-state index contributed by atoms with van der Waals surface area (Å²) in [4.78, 5) is 0. The molecule has 0 aromatic heterocycles. The Balaban J connectivity index is 1.82. The molecule has 0 radical (unpaired) electrons. The van der Waals surface area contributed by atoms with Gasteiger partial charge in [-0.3, -0.25) is 0 Å². The Labute approximate surface area is 156 Å². The van der Waals surface area contributed by atoms with Gasteiger partial charge in [0, 0.05) is 16.7 Å². The number of alkyl halides is 1. The van der Waals surface area contributed by atoms with Crippen LogP contribution in [-0.4, -0.2) is 18.9 Å². The van der Waals surface area contributed by atoms with Crippen LogP contribution in [0.1, 0.15) is 44.1 Å². The second kappa shape index (κ2) is 7.98. The monoisotopic (exact) mass is 382 g/mol. The topological polar surface area (TPSA) is 18.5 Å². The van der Waals surface area contributed by atoms with E-state index >= 15 is 0 Å². The van der Waals surface area contributed by atoms with Gasteiger partial charge in [-0.15, -0.1) is 0 Å². The average Bonchev–Trinajstić information content (AvgIpc) is 2.65. The molecule has 2 aromatic carbocycles. The van der Waals surface area contributed by atoms with Crippen molar-refractivity contribution >= 4 is 0 Å². The molecule has 0 spiro atoms. The molecule has 0 aliphatic carbocycles. The fourth-order valence-electron chi connectivity index (χ4n) is 3.29. The van der Waals surface area contributed by atoms with E-state index in [1.807, 2.05) is 6.92 Å². The van der Waals surface area contributed by atoms with Crippen LogP contribution in [0, 0.1) is 17.5 Å². The quantitative estimate of drug-likeness (QED) is 0.601. The number of rotatable bonds is 5. The normalized spacial score (nSPS) is 22.8. The minimum Gasteiger partial charge on any atom is -0.345 e. The van der Waals surface area contributed by atoms with Gasteiger partial charge in [0.1, 0.15) is 5.82 Å². The van der Waals surface area contributed by atoms with E-state index < -0.39 is 29.4 Å². The molecule has 146 valence electrons. The van der Waals surface area contributed by atoms with E-state index in [2.05, 4.69) is 0 Å². The predicted octanol–water partition coefficient (Wildman–Crippen LogP) is 5.89. The lowest BCUT2D eigenvalue weighted by atomic mass is 9.99. The first kappa shape index (κ1) is 19.8. The summed E-state index contributed by atoms with van der Waals surface area (Å²) in [6.45, 7) is 3.32. The molecule has 3 rings (SSSR count). The third kappa shape index (κ3) is 4.01. The van der Waals surface area contributed by atoms with Crippen LogP contribution in [-0.2, 0) is 15.9 Å². The molecular formula is C21H22F4O2. The zero-order valence-electron chi connectivity index (χ0n) is 15.3. The fraction of sp³-hybridized carbons (Fsp3) is 0.429. The summed E-state index contributed by atoms with van der Waals surface area (Å²) in [5, 5.41) is 0. The smallest absolute Gasteiger partial charge is 0.184 e. The molecule has 2 nitrogen and oxygen atoms in total. The molecule has 1 aliphatic rings. The molecule has 1 saturated heterocycles. The fourth-order valence-corrected chi connectivity index (χ4v) is 3.29. The Bertz CT molecular complexity index is 814. The molecule has 0 N–H and O–H groups in total. The molecule has 0 atom stereocenters. The van der Waals surface area contributed by atoms with Crippen LogP contribution in [0.3, 0.4) is 0 Å². The first-order chi connectivity index (χ1) is 12.9. The zero-order valence-corrected chi connectivity index (χ0v) is 15.3. The zero-order chi connectivity index (χ0) is 19.6. The number of ether oxygens (including phenoxy) is 2. The van der Waals surface area contributed by atoms with Crippen LogP contribution < -0.4 is 0 Å². The van der Waals surface area contributed by atoms with Gasteiger partial charge < -0.3 is 9.47 Å². The van der Waals surface area contributed by atoms with Crippen molar-refractivity contribution in [1.29, 1.82) is 0 Å². The minimum atomic E-state index is -1.54.